The number of carbonyl (C=O) groups excluding carboxylic acids is 3. The summed E-state index contributed by atoms with van der Waals surface area (Å²) in [6.45, 7) is 2.94. The molecule has 2 aromatic rings. The molecule has 0 fully saturated rings. The number of carbonyl (C=O) groups is 3. The van der Waals surface area contributed by atoms with Gasteiger partial charge < -0.3 is 20.1 Å². The van der Waals surface area contributed by atoms with Crippen molar-refractivity contribution in [2.45, 2.75) is 26.4 Å². The number of esters is 1. The summed E-state index contributed by atoms with van der Waals surface area (Å²) < 4.78 is 5.04. The van der Waals surface area contributed by atoms with Crippen molar-refractivity contribution in [1.82, 2.24) is 0 Å². The van der Waals surface area contributed by atoms with Crippen LogP contribution in [-0.4, -0.2) is 39.0 Å². The predicted molar refractivity (Wildman–Crippen MR) is 89.7 cm³/mol. The summed E-state index contributed by atoms with van der Waals surface area (Å²) >= 11 is 0. The van der Waals surface area contributed by atoms with Gasteiger partial charge in [-0.1, -0.05) is 0 Å². The number of phenols is 3. The molecule has 0 heterocycles. The molecule has 3 N–H and O–H groups in total. The topological polar surface area (TPSA) is 121 Å². The second kappa shape index (κ2) is 6.18. The van der Waals surface area contributed by atoms with Gasteiger partial charge in [0.15, 0.2) is 5.78 Å². The average molecular weight is 356 g/mol. The number of fused-ring (bicyclic) bond motifs is 2. The first-order valence-corrected chi connectivity index (χ1v) is 7.87. The van der Waals surface area contributed by atoms with Crippen molar-refractivity contribution in [3.63, 3.8) is 0 Å². The molecule has 0 radical (unpaired) electrons. The lowest BCUT2D eigenvalue weighted by Crippen LogP contribution is -2.22. The van der Waals surface area contributed by atoms with Crippen molar-refractivity contribution < 1.29 is 34.4 Å². The maximum atomic E-state index is 12.8. The van der Waals surface area contributed by atoms with E-state index in [0.29, 0.717) is 5.56 Å². The number of ketones is 2. The average Bonchev–Trinajstić information content (AvgIpc) is 2.50. The van der Waals surface area contributed by atoms with Crippen LogP contribution in [0.2, 0.25) is 0 Å². The fourth-order valence-corrected chi connectivity index (χ4v) is 3.18. The van der Waals surface area contributed by atoms with Crippen molar-refractivity contribution in [1.29, 1.82) is 0 Å². The van der Waals surface area contributed by atoms with Crippen LogP contribution in [-0.2, 0) is 16.0 Å². The molecule has 1 unspecified atom stereocenters. The zero-order chi connectivity index (χ0) is 19.2. The Balaban J connectivity index is 2.09. The van der Waals surface area contributed by atoms with E-state index in [-0.39, 0.29) is 34.4 Å². The second-order valence-electron chi connectivity index (χ2n) is 6.21. The number of ether oxygens (including phenoxy) is 1. The first kappa shape index (κ1) is 17.5. The van der Waals surface area contributed by atoms with Gasteiger partial charge in [0, 0.05) is 30.5 Å². The highest BCUT2D eigenvalue weighted by atomic mass is 16.5. The van der Waals surface area contributed by atoms with Crippen molar-refractivity contribution >= 4 is 17.5 Å². The van der Waals surface area contributed by atoms with Crippen LogP contribution in [0.25, 0.3) is 0 Å². The highest BCUT2D eigenvalue weighted by Crippen LogP contribution is 2.39. The van der Waals surface area contributed by atoms with Gasteiger partial charge >= 0.3 is 5.97 Å². The van der Waals surface area contributed by atoms with E-state index in [4.69, 9.17) is 4.74 Å². The molecule has 1 atom stereocenters. The standard InChI is InChI=1S/C19H16O7/c1-8(26-9(2)20)3-10-4-12-16(14(22)5-10)19(25)17-13(18(12)24)6-11(21)7-15(17)23/h4-8,21-23H,3H2,1-2H3. The number of hydrogen-bond donors (Lipinski definition) is 3. The molecule has 0 amide bonds. The van der Waals surface area contributed by atoms with Gasteiger partial charge in [-0.3, -0.25) is 14.4 Å². The van der Waals surface area contributed by atoms with Gasteiger partial charge in [-0.25, -0.2) is 0 Å². The molecule has 26 heavy (non-hydrogen) atoms. The van der Waals surface area contributed by atoms with Gasteiger partial charge in [0.1, 0.15) is 23.4 Å². The number of hydrogen-bond acceptors (Lipinski definition) is 7. The van der Waals surface area contributed by atoms with E-state index in [1.54, 1.807) is 6.92 Å². The summed E-state index contributed by atoms with van der Waals surface area (Å²) in [6, 6.07) is 4.83. The van der Waals surface area contributed by atoms with E-state index >= 15 is 0 Å². The molecule has 0 saturated carbocycles. The molecule has 0 aromatic heterocycles. The van der Waals surface area contributed by atoms with Crippen LogP contribution in [0.4, 0.5) is 0 Å². The third-order valence-electron chi connectivity index (χ3n) is 4.11. The van der Waals surface area contributed by atoms with Gasteiger partial charge in [-0.05, 0) is 30.7 Å². The Kier molecular flexibility index (Phi) is 4.15. The number of benzene rings is 2. The smallest absolute Gasteiger partial charge is 0.302 e. The lowest BCUT2D eigenvalue weighted by molar-refractivity contribution is -0.145. The van der Waals surface area contributed by atoms with Crippen molar-refractivity contribution in [2.75, 3.05) is 0 Å². The minimum absolute atomic E-state index is 0.0301. The van der Waals surface area contributed by atoms with E-state index in [2.05, 4.69) is 0 Å². The highest BCUT2D eigenvalue weighted by molar-refractivity contribution is 6.30. The molecule has 3 rings (SSSR count). The van der Waals surface area contributed by atoms with E-state index in [9.17, 15) is 29.7 Å². The fourth-order valence-electron chi connectivity index (χ4n) is 3.18. The summed E-state index contributed by atoms with van der Waals surface area (Å²) in [5.41, 5.74) is -0.116. The lowest BCUT2D eigenvalue weighted by Gasteiger charge is -2.21. The van der Waals surface area contributed by atoms with E-state index in [1.165, 1.54) is 19.1 Å². The van der Waals surface area contributed by atoms with Crippen molar-refractivity contribution in [3.05, 3.63) is 52.1 Å². The zero-order valence-corrected chi connectivity index (χ0v) is 14.1. The SMILES string of the molecule is CC(=O)OC(C)Cc1cc(O)c2c(c1)C(=O)c1cc(O)cc(O)c1C2=O. The number of aromatic hydroxyl groups is 3. The summed E-state index contributed by atoms with van der Waals surface area (Å²) in [5.74, 6) is -3.04. The van der Waals surface area contributed by atoms with E-state index in [0.717, 1.165) is 12.1 Å². The van der Waals surface area contributed by atoms with Crippen LogP contribution in [0, 0.1) is 0 Å². The molecule has 0 saturated heterocycles. The normalized spacial score (nSPS) is 13.8. The molecule has 1 aliphatic rings. The molecule has 0 aliphatic heterocycles. The quantitative estimate of drug-likeness (QED) is 0.614. The van der Waals surface area contributed by atoms with Gasteiger partial charge in [-0.2, -0.15) is 0 Å². The maximum absolute atomic E-state index is 12.8. The molecule has 7 nitrogen and oxygen atoms in total. The second-order valence-corrected chi connectivity index (χ2v) is 6.21. The minimum atomic E-state index is -0.704. The third kappa shape index (κ3) is 2.88. The summed E-state index contributed by atoms with van der Waals surface area (Å²) in [7, 11) is 0. The Morgan fingerprint density at radius 2 is 1.54 bits per heavy atom. The number of rotatable bonds is 3. The molecule has 7 heteroatoms. The predicted octanol–water partition coefficient (Wildman–Crippen LogP) is 2.07. The minimum Gasteiger partial charge on any atom is -0.508 e. The lowest BCUT2D eigenvalue weighted by atomic mass is 9.81. The molecule has 1 aliphatic carbocycles. The Hall–Kier alpha value is -3.35. The zero-order valence-electron chi connectivity index (χ0n) is 14.1. The van der Waals surface area contributed by atoms with Gasteiger partial charge in [0.2, 0.25) is 5.78 Å². The molecule has 2 aromatic carbocycles. The van der Waals surface area contributed by atoms with Crippen LogP contribution in [0.3, 0.4) is 0 Å². The molecule has 0 spiro atoms. The first-order valence-electron chi connectivity index (χ1n) is 7.87. The molecular weight excluding hydrogens is 340 g/mol. The van der Waals surface area contributed by atoms with Crippen LogP contribution in [0.5, 0.6) is 17.2 Å². The molecule has 0 bridgehead atoms. The van der Waals surface area contributed by atoms with Crippen LogP contribution < -0.4 is 0 Å². The summed E-state index contributed by atoms with van der Waals surface area (Å²) in [4.78, 5) is 36.4. The van der Waals surface area contributed by atoms with Crippen LogP contribution >= 0.6 is 0 Å². The fraction of sp³-hybridized carbons (Fsp3) is 0.211. The maximum Gasteiger partial charge on any atom is 0.302 e. The highest BCUT2D eigenvalue weighted by Gasteiger charge is 2.35. The van der Waals surface area contributed by atoms with E-state index in [1.807, 2.05) is 0 Å². The van der Waals surface area contributed by atoms with Gasteiger partial charge in [-0.15, -0.1) is 0 Å². The van der Waals surface area contributed by atoms with E-state index < -0.39 is 35.1 Å². The Morgan fingerprint density at radius 1 is 0.962 bits per heavy atom. The number of phenolic OH excluding ortho intramolecular Hbond substituents is 3. The van der Waals surface area contributed by atoms with Gasteiger partial charge in [0.05, 0.1) is 11.1 Å². The molecular formula is C19H16O7. The molecule has 134 valence electrons. The van der Waals surface area contributed by atoms with Gasteiger partial charge in [0.25, 0.3) is 0 Å². The summed E-state index contributed by atoms with van der Waals surface area (Å²) in [5, 5.41) is 29.8. The summed E-state index contributed by atoms with van der Waals surface area (Å²) in [6.07, 6.45) is -0.250. The van der Waals surface area contributed by atoms with Crippen molar-refractivity contribution in [2.24, 2.45) is 0 Å². The van der Waals surface area contributed by atoms with Crippen molar-refractivity contribution in [3.8, 4) is 17.2 Å². The van der Waals surface area contributed by atoms with Crippen LogP contribution in [0.1, 0.15) is 51.3 Å². The largest absolute Gasteiger partial charge is 0.508 e. The monoisotopic (exact) mass is 356 g/mol. The van der Waals surface area contributed by atoms with Crippen LogP contribution in [0.15, 0.2) is 24.3 Å². The Labute approximate surface area is 148 Å². The Bertz CT molecular complexity index is 959. The first-order chi connectivity index (χ1) is 12.2. The third-order valence-corrected chi connectivity index (χ3v) is 4.11. The Morgan fingerprint density at radius 3 is 2.15 bits per heavy atom.